The van der Waals surface area contributed by atoms with E-state index in [4.69, 9.17) is 5.73 Å². The van der Waals surface area contributed by atoms with Crippen LogP contribution >= 0.6 is 15.9 Å². The van der Waals surface area contributed by atoms with Crippen LogP contribution in [0.5, 0.6) is 0 Å². The van der Waals surface area contributed by atoms with E-state index >= 15 is 0 Å². The molecule has 1 aliphatic rings. The summed E-state index contributed by atoms with van der Waals surface area (Å²) in [6, 6.07) is 8.81. The third kappa shape index (κ3) is 4.07. The fraction of sp³-hybridized carbons (Fsp3) is 0.647. The van der Waals surface area contributed by atoms with Crippen LogP contribution in [0.3, 0.4) is 0 Å². The molecule has 0 radical (unpaired) electrons. The fourth-order valence-corrected chi connectivity index (χ4v) is 3.87. The van der Waals surface area contributed by atoms with Crippen molar-refractivity contribution < 1.29 is 5.11 Å². The Labute approximate surface area is 136 Å². The summed E-state index contributed by atoms with van der Waals surface area (Å²) < 4.78 is 1.11. The predicted octanol–water partition coefficient (Wildman–Crippen LogP) is 3.46. The molecule has 0 bridgehead atoms. The topological polar surface area (TPSA) is 49.5 Å². The van der Waals surface area contributed by atoms with Crippen molar-refractivity contribution in [1.82, 2.24) is 4.90 Å². The summed E-state index contributed by atoms with van der Waals surface area (Å²) in [5.41, 5.74) is 7.72. The summed E-state index contributed by atoms with van der Waals surface area (Å²) in [4.78, 5) is 2.45. The van der Waals surface area contributed by atoms with Gasteiger partial charge < -0.3 is 10.8 Å². The summed E-state index contributed by atoms with van der Waals surface area (Å²) in [5, 5.41) is 9.81. The van der Waals surface area contributed by atoms with Crippen molar-refractivity contribution in [2.75, 3.05) is 13.2 Å². The highest BCUT2D eigenvalue weighted by Gasteiger charge is 2.32. The highest BCUT2D eigenvalue weighted by atomic mass is 79.9. The lowest BCUT2D eigenvalue weighted by molar-refractivity contribution is 0.0711. The number of hydrogen-bond acceptors (Lipinski definition) is 3. The van der Waals surface area contributed by atoms with Crippen LogP contribution in [0.4, 0.5) is 0 Å². The molecule has 3 atom stereocenters. The van der Waals surface area contributed by atoms with Crippen molar-refractivity contribution in [3.63, 3.8) is 0 Å². The second-order valence-electron chi connectivity index (χ2n) is 5.96. The Bertz CT molecular complexity index is 441. The van der Waals surface area contributed by atoms with E-state index in [1.54, 1.807) is 0 Å². The lowest BCUT2D eigenvalue weighted by Gasteiger charge is -2.40. The van der Waals surface area contributed by atoms with Gasteiger partial charge in [0.1, 0.15) is 0 Å². The average Bonchev–Trinajstić information content (AvgIpc) is 2.74. The first kappa shape index (κ1) is 16.9. The molecule has 0 spiro atoms. The number of aliphatic hydroxyl groups excluding tert-OH is 1. The van der Waals surface area contributed by atoms with E-state index in [-0.39, 0.29) is 24.7 Å². The summed E-state index contributed by atoms with van der Waals surface area (Å²) in [6.45, 7) is 3.38. The third-order valence-corrected chi connectivity index (χ3v) is 5.31. The van der Waals surface area contributed by atoms with Crippen LogP contribution in [0, 0.1) is 0 Å². The van der Waals surface area contributed by atoms with Crippen LogP contribution in [-0.2, 0) is 0 Å². The number of likely N-dealkylation sites (tertiary alicyclic amines) is 1. The van der Waals surface area contributed by atoms with E-state index in [2.05, 4.69) is 46.0 Å². The van der Waals surface area contributed by atoms with E-state index in [9.17, 15) is 5.11 Å². The number of benzene rings is 1. The Morgan fingerprint density at radius 1 is 1.33 bits per heavy atom. The molecule has 3 unspecified atom stereocenters. The second kappa shape index (κ2) is 8.28. The monoisotopic (exact) mass is 354 g/mol. The Hall–Kier alpha value is -0.420. The van der Waals surface area contributed by atoms with Gasteiger partial charge in [-0.2, -0.15) is 0 Å². The van der Waals surface area contributed by atoms with Crippen molar-refractivity contribution in [1.29, 1.82) is 0 Å². The van der Waals surface area contributed by atoms with Gasteiger partial charge in [-0.25, -0.2) is 0 Å². The van der Waals surface area contributed by atoms with Gasteiger partial charge in [-0.05, 0) is 37.4 Å². The number of rotatable bonds is 5. The van der Waals surface area contributed by atoms with Crippen molar-refractivity contribution >= 4 is 15.9 Å². The minimum absolute atomic E-state index is 0.0795. The Morgan fingerprint density at radius 2 is 2.10 bits per heavy atom. The highest BCUT2D eigenvalue weighted by Crippen LogP contribution is 2.34. The molecular formula is C17H27BrN2O. The molecule has 21 heavy (non-hydrogen) atoms. The van der Waals surface area contributed by atoms with Gasteiger partial charge in [-0.3, -0.25) is 4.90 Å². The summed E-state index contributed by atoms with van der Waals surface area (Å²) in [5.74, 6) is 0. The molecule has 1 aromatic carbocycles. The minimum atomic E-state index is 0.0795. The first-order valence-corrected chi connectivity index (χ1v) is 8.85. The molecule has 118 valence electrons. The van der Waals surface area contributed by atoms with Crippen molar-refractivity contribution in [3.8, 4) is 0 Å². The predicted molar refractivity (Wildman–Crippen MR) is 91.2 cm³/mol. The molecule has 0 saturated carbocycles. The standard InChI is InChI=1S/C17H27BrN2O/c1-2-16(19)17(14-9-5-6-10-15(14)18)20-11-7-3-4-8-13(20)12-21/h5-6,9-10,13,16-17,21H,2-4,7-8,11-12,19H2,1H3. The van der Waals surface area contributed by atoms with Gasteiger partial charge in [0.25, 0.3) is 0 Å². The van der Waals surface area contributed by atoms with Crippen molar-refractivity contribution in [3.05, 3.63) is 34.3 Å². The van der Waals surface area contributed by atoms with Crippen LogP contribution in [0.2, 0.25) is 0 Å². The number of nitrogens with two attached hydrogens (primary N) is 1. The van der Waals surface area contributed by atoms with Gasteiger partial charge in [0, 0.05) is 16.6 Å². The fourth-order valence-electron chi connectivity index (χ4n) is 3.36. The summed E-state index contributed by atoms with van der Waals surface area (Å²) >= 11 is 3.68. The van der Waals surface area contributed by atoms with Crippen LogP contribution < -0.4 is 5.73 Å². The van der Waals surface area contributed by atoms with Gasteiger partial charge >= 0.3 is 0 Å². The number of nitrogens with zero attached hydrogens (tertiary/aromatic N) is 1. The molecule has 3 N–H and O–H groups in total. The van der Waals surface area contributed by atoms with Gasteiger partial charge in [-0.15, -0.1) is 0 Å². The molecule has 0 amide bonds. The number of aliphatic hydroxyl groups is 1. The third-order valence-electron chi connectivity index (χ3n) is 4.59. The van der Waals surface area contributed by atoms with Crippen LogP contribution in [0.1, 0.15) is 50.6 Å². The lowest BCUT2D eigenvalue weighted by atomic mass is 9.94. The van der Waals surface area contributed by atoms with Gasteiger partial charge in [0.15, 0.2) is 0 Å². The summed E-state index contributed by atoms with van der Waals surface area (Å²) in [6.07, 6.45) is 5.63. The smallest absolute Gasteiger partial charge is 0.0587 e. The highest BCUT2D eigenvalue weighted by molar-refractivity contribution is 9.10. The maximum Gasteiger partial charge on any atom is 0.0587 e. The van der Waals surface area contributed by atoms with Gasteiger partial charge in [0.05, 0.1) is 12.6 Å². The molecule has 1 heterocycles. The summed E-state index contributed by atoms with van der Waals surface area (Å²) in [7, 11) is 0. The van der Waals surface area contributed by atoms with E-state index in [1.165, 1.54) is 24.8 Å². The molecular weight excluding hydrogens is 328 g/mol. The van der Waals surface area contributed by atoms with Gasteiger partial charge in [-0.1, -0.05) is 53.9 Å². The molecule has 1 aromatic rings. The number of hydrogen-bond donors (Lipinski definition) is 2. The van der Waals surface area contributed by atoms with E-state index in [1.807, 2.05) is 6.07 Å². The van der Waals surface area contributed by atoms with E-state index in [0.717, 1.165) is 23.9 Å². The maximum absolute atomic E-state index is 9.81. The SMILES string of the molecule is CCC(N)C(c1ccccc1Br)N1CCCCCC1CO. The zero-order valence-corrected chi connectivity index (χ0v) is 14.4. The molecule has 2 rings (SSSR count). The largest absolute Gasteiger partial charge is 0.395 e. The zero-order chi connectivity index (χ0) is 15.2. The van der Waals surface area contributed by atoms with Crippen molar-refractivity contribution in [2.24, 2.45) is 5.73 Å². The molecule has 4 heteroatoms. The molecule has 1 fully saturated rings. The van der Waals surface area contributed by atoms with E-state index < -0.39 is 0 Å². The lowest BCUT2D eigenvalue weighted by Crippen LogP contribution is -2.47. The van der Waals surface area contributed by atoms with Crippen LogP contribution in [-0.4, -0.2) is 35.2 Å². The second-order valence-corrected chi connectivity index (χ2v) is 6.82. The quantitative estimate of drug-likeness (QED) is 0.850. The van der Waals surface area contributed by atoms with E-state index in [0.29, 0.717) is 0 Å². The Morgan fingerprint density at radius 3 is 2.76 bits per heavy atom. The van der Waals surface area contributed by atoms with Crippen molar-refractivity contribution in [2.45, 2.75) is 57.2 Å². The molecule has 1 saturated heterocycles. The van der Waals surface area contributed by atoms with Crippen LogP contribution in [0.15, 0.2) is 28.7 Å². The van der Waals surface area contributed by atoms with Crippen LogP contribution in [0.25, 0.3) is 0 Å². The molecule has 0 aliphatic carbocycles. The average molecular weight is 355 g/mol. The molecule has 3 nitrogen and oxygen atoms in total. The maximum atomic E-state index is 9.81. The Balaban J connectivity index is 2.36. The van der Waals surface area contributed by atoms with Gasteiger partial charge in [0.2, 0.25) is 0 Å². The Kier molecular flexibility index (Phi) is 6.68. The molecule has 1 aliphatic heterocycles. The first-order valence-electron chi connectivity index (χ1n) is 8.05. The molecule has 0 aromatic heterocycles. The minimum Gasteiger partial charge on any atom is -0.395 e. The first-order chi connectivity index (χ1) is 10.2. The number of halogens is 1. The normalized spacial score (nSPS) is 23.5. The zero-order valence-electron chi connectivity index (χ0n) is 12.8.